The van der Waals surface area contributed by atoms with Gasteiger partial charge >= 0.3 is 0 Å². The Morgan fingerprint density at radius 2 is 2.00 bits per heavy atom. The van der Waals surface area contributed by atoms with E-state index < -0.39 is 0 Å². The fraction of sp³-hybridized carbons (Fsp3) is 0.300. The number of hydrogen-bond donors (Lipinski definition) is 1. The first-order chi connectivity index (χ1) is 13.0. The Balaban J connectivity index is 1.62. The zero-order valence-corrected chi connectivity index (χ0v) is 16.4. The number of anilines is 3. The SMILES string of the molecule is Cc1ccc(N2CCCc3sc(C(=O)Nc4cccc(C)c4C)nc32)nn1. The first-order valence-electron chi connectivity index (χ1n) is 8.98. The largest absolute Gasteiger partial charge is 0.320 e. The number of thiazole rings is 1. The van der Waals surface area contributed by atoms with E-state index in [1.807, 2.05) is 51.1 Å². The molecule has 1 aliphatic heterocycles. The molecule has 27 heavy (non-hydrogen) atoms. The zero-order valence-electron chi connectivity index (χ0n) is 15.6. The molecule has 1 amide bonds. The summed E-state index contributed by atoms with van der Waals surface area (Å²) in [5, 5.41) is 11.9. The highest BCUT2D eigenvalue weighted by Gasteiger charge is 2.26. The molecule has 0 saturated carbocycles. The number of carbonyl (C=O) groups excluding carboxylic acids is 1. The number of hydrogen-bond acceptors (Lipinski definition) is 6. The minimum Gasteiger partial charge on any atom is -0.320 e. The monoisotopic (exact) mass is 379 g/mol. The Labute approximate surface area is 162 Å². The molecule has 2 aromatic heterocycles. The molecule has 138 valence electrons. The Morgan fingerprint density at radius 1 is 1.15 bits per heavy atom. The lowest BCUT2D eigenvalue weighted by Crippen LogP contribution is -2.25. The van der Waals surface area contributed by atoms with E-state index >= 15 is 0 Å². The summed E-state index contributed by atoms with van der Waals surface area (Å²) in [6.45, 7) is 6.78. The van der Waals surface area contributed by atoms with Crippen LogP contribution in [0.2, 0.25) is 0 Å². The van der Waals surface area contributed by atoms with Gasteiger partial charge in [-0.05, 0) is 62.9 Å². The summed E-state index contributed by atoms with van der Waals surface area (Å²) in [6.07, 6.45) is 1.93. The van der Waals surface area contributed by atoms with Crippen LogP contribution in [-0.2, 0) is 6.42 Å². The van der Waals surface area contributed by atoms with Crippen molar-refractivity contribution in [1.82, 2.24) is 15.2 Å². The Hall–Kier alpha value is -2.80. The fourth-order valence-electron chi connectivity index (χ4n) is 3.14. The van der Waals surface area contributed by atoms with E-state index in [0.29, 0.717) is 5.01 Å². The van der Waals surface area contributed by atoms with Gasteiger partial charge in [0, 0.05) is 17.1 Å². The topological polar surface area (TPSA) is 71.0 Å². The normalized spacial score (nSPS) is 13.4. The minimum absolute atomic E-state index is 0.168. The van der Waals surface area contributed by atoms with E-state index in [1.54, 1.807) is 0 Å². The Bertz CT molecular complexity index is 996. The number of aryl methyl sites for hydroxylation is 3. The van der Waals surface area contributed by atoms with Gasteiger partial charge in [-0.2, -0.15) is 5.10 Å². The van der Waals surface area contributed by atoms with E-state index in [-0.39, 0.29) is 5.91 Å². The number of aromatic nitrogens is 3. The molecule has 3 aromatic rings. The van der Waals surface area contributed by atoms with Crippen LogP contribution < -0.4 is 10.2 Å². The maximum absolute atomic E-state index is 12.8. The number of nitrogens with one attached hydrogen (secondary N) is 1. The molecular formula is C20H21N5OS. The van der Waals surface area contributed by atoms with Gasteiger partial charge in [0.15, 0.2) is 10.8 Å². The number of rotatable bonds is 3. The second-order valence-corrected chi connectivity index (χ2v) is 7.84. The highest BCUT2D eigenvalue weighted by Crippen LogP contribution is 2.35. The van der Waals surface area contributed by atoms with Gasteiger partial charge in [0.25, 0.3) is 5.91 Å². The molecule has 0 unspecified atom stereocenters. The summed E-state index contributed by atoms with van der Waals surface area (Å²) in [5.74, 6) is 1.43. The predicted molar refractivity (Wildman–Crippen MR) is 108 cm³/mol. The van der Waals surface area contributed by atoms with Gasteiger partial charge < -0.3 is 10.2 Å². The van der Waals surface area contributed by atoms with Gasteiger partial charge in [-0.25, -0.2) is 4.98 Å². The van der Waals surface area contributed by atoms with Crippen molar-refractivity contribution in [2.75, 3.05) is 16.8 Å². The van der Waals surface area contributed by atoms with Crippen LogP contribution in [0.1, 0.15) is 37.9 Å². The smallest absolute Gasteiger partial charge is 0.284 e. The molecule has 6 nitrogen and oxygen atoms in total. The van der Waals surface area contributed by atoms with Gasteiger partial charge in [0.1, 0.15) is 5.82 Å². The molecule has 1 N–H and O–H groups in total. The average Bonchev–Trinajstić information content (AvgIpc) is 3.11. The summed E-state index contributed by atoms with van der Waals surface area (Å²) in [6, 6.07) is 9.79. The lowest BCUT2D eigenvalue weighted by atomic mass is 10.1. The lowest BCUT2D eigenvalue weighted by molar-refractivity contribution is 0.102. The molecule has 4 rings (SSSR count). The summed E-state index contributed by atoms with van der Waals surface area (Å²) in [5.41, 5.74) is 3.93. The van der Waals surface area contributed by atoms with Crippen LogP contribution in [0, 0.1) is 20.8 Å². The predicted octanol–water partition coefficient (Wildman–Crippen LogP) is 4.19. The molecule has 0 atom stereocenters. The van der Waals surface area contributed by atoms with Crippen LogP contribution in [-0.4, -0.2) is 27.6 Å². The third-order valence-electron chi connectivity index (χ3n) is 4.83. The maximum Gasteiger partial charge on any atom is 0.284 e. The number of benzene rings is 1. The van der Waals surface area contributed by atoms with Gasteiger partial charge in [-0.15, -0.1) is 16.4 Å². The van der Waals surface area contributed by atoms with E-state index in [0.717, 1.165) is 58.4 Å². The molecule has 0 spiro atoms. The molecule has 0 bridgehead atoms. The number of nitrogens with zero attached hydrogens (tertiary/aromatic N) is 4. The first kappa shape index (κ1) is 17.6. The average molecular weight is 379 g/mol. The summed E-state index contributed by atoms with van der Waals surface area (Å²) < 4.78 is 0. The van der Waals surface area contributed by atoms with Crippen LogP contribution in [0.15, 0.2) is 30.3 Å². The van der Waals surface area contributed by atoms with Gasteiger partial charge in [0.2, 0.25) is 0 Å². The van der Waals surface area contributed by atoms with Crippen molar-refractivity contribution in [3.05, 3.63) is 57.0 Å². The standard InChI is InChI=1S/C20H21N5OS/c1-12-6-4-7-15(14(12)3)21-19(26)20-22-18-16(27-20)8-5-11-25(18)17-10-9-13(2)23-24-17/h4,6-7,9-10H,5,8,11H2,1-3H3,(H,21,26). The van der Waals surface area contributed by atoms with Crippen LogP contribution in [0.25, 0.3) is 0 Å². The van der Waals surface area contributed by atoms with Crippen LogP contribution >= 0.6 is 11.3 Å². The second kappa shape index (κ2) is 7.08. The van der Waals surface area contributed by atoms with Gasteiger partial charge in [-0.3, -0.25) is 4.79 Å². The number of carbonyl (C=O) groups is 1. The zero-order chi connectivity index (χ0) is 19.0. The van der Waals surface area contributed by atoms with E-state index in [9.17, 15) is 4.79 Å². The Morgan fingerprint density at radius 3 is 2.78 bits per heavy atom. The fourth-order valence-corrected chi connectivity index (χ4v) is 4.14. The summed E-state index contributed by atoms with van der Waals surface area (Å²) >= 11 is 1.46. The van der Waals surface area contributed by atoms with Crippen molar-refractivity contribution in [3.63, 3.8) is 0 Å². The highest BCUT2D eigenvalue weighted by atomic mass is 32.1. The van der Waals surface area contributed by atoms with E-state index in [4.69, 9.17) is 0 Å². The molecule has 0 saturated heterocycles. The summed E-state index contributed by atoms with van der Waals surface area (Å²) in [7, 11) is 0. The van der Waals surface area contributed by atoms with Crippen LogP contribution in [0.3, 0.4) is 0 Å². The van der Waals surface area contributed by atoms with E-state index in [2.05, 4.69) is 25.4 Å². The Kier molecular flexibility index (Phi) is 4.61. The van der Waals surface area contributed by atoms with E-state index in [1.165, 1.54) is 11.3 Å². The van der Waals surface area contributed by atoms with Crippen molar-refractivity contribution >= 4 is 34.6 Å². The van der Waals surface area contributed by atoms with Crippen molar-refractivity contribution in [3.8, 4) is 0 Å². The first-order valence-corrected chi connectivity index (χ1v) is 9.79. The van der Waals surface area contributed by atoms with Crippen molar-refractivity contribution in [2.24, 2.45) is 0 Å². The second-order valence-electron chi connectivity index (χ2n) is 6.76. The molecular weight excluding hydrogens is 358 g/mol. The molecule has 3 heterocycles. The van der Waals surface area contributed by atoms with Crippen LogP contribution in [0.5, 0.6) is 0 Å². The van der Waals surface area contributed by atoms with Gasteiger partial charge in [-0.1, -0.05) is 12.1 Å². The molecule has 7 heteroatoms. The molecule has 0 aliphatic carbocycles. The molecule has 1 aromatic carbocycles. The molecule has 0 radical (unpaired) electrons. The number of fused-ring (bicyclic) bond motifs is 1. The molecule has 0 fully saturated rings. The quantitative estimate of drug-likeness (QED) is 0.739. The summed E-state index contributed by atoms with van der Waals surface area (Å²) in [4.78, 5) is 20.6. The van der Waals surface area contributed by atoms with Gasteiger partial charge in [0.05, 0.1) is 5.69 Å². The van der Waals surface area contributed by atoms with Crippen molar-refractivity contribution in [1.29, 1.82) is 0 Å². The third kappa shape index (κ3) is 3.42. The number of amides is 1. The van der Waals surface area contributed by atoms with Crippen molar-refractivity contribution < 1.29 is 4.79 Å². The third-order valence-corrected chi connectivity index (χ3v) is 5.93. The lowest BCUT2D eigenvalue weighted by Gasteiger charge is -2.25. The van der Waals surface area contributed by atoms with Crippen molar-refractivity contribution in [2.45, 2.75) is 33.6 Å². The highest BCUT2D eigenvalue weighted by molar-refractivity contribution is 7.14. The van der Waals surface area contributed by atoms with Crippen LogP contribution in [0.4, 0.5) is 17.3 Å². The maximum atomic E-state index is 12.8. The minimum atomic E-state index is -0.168. The molecule has 1 aliphatic rings.